The molecule has 0 radical (unpaired) electrons. The molecule has 4 rings (SSSR count). The SMILES string of the molecule is CC(C)c1cnn2c(NCc3ccccc3-c3nnn(C)n3)nc(S(C)(=O)=O)nc12. The summed E-state index contributed by atoms with van der Waals surface area (Å²) in [6.07, 6.45) is 2.77. The van der Waals surface area contributed by atoms with Crippen molar-refractivity contribution in [1.82, 2.24) is 39.8 Å². The minimum atomic E-state index is -3.60. The fourth-order valence-corrected chi connectivity index (χ4v) is 3.53. The van der Waals surface area contributed by atoms with Gasteiger partial charge in [0.2, 0.25) is 21.6 Å². The molecule has 0 saturated carbocycles. The van der Waals surface area contributed by atoms with Crippen LogP contribution in [0, 0.1) is 0 Å². The van der Waals surface area contributed by atoms with Crippen LogP contribution >= 0.6 is 0 Å². The molecule has 0 atom stereocenters. The van der Waals surface area contributed by atoms with E-state index < -0.39 is 9.84 Å². The summed E-state index contributed by atoms with van der Waals surface area (Å²) in [6.45, 7) is 4.34. The second kappa shape index (κ2) is 7.44. The highest BCUT2D eigenvalue weighted by molar-refractivity contribution is 7.90. The molecule has 0 fully saturated rings. The maximum atomic E-state index is 12.1. The average Bonchev–Trinajstić information content (AvgIpc) is 3.31. The third-order valence-corrected chi connectivity index (χ3v) is 5.38. The monoisotopic (exact) mass is 427 g/mol. The Balaban J connectivity index is 1.75. The van der Waals surface area contributed by atoms with E-state index in [1.54, 1.807) is 13.2 Å². The highest BCUT2D eigenvalue weighted by Crippen LogP contribution is 2.24. The van der Waals surface area contributed by atoms with Crippen molar-refractivity contribution in [3.63, 3.8) is 0 Å². The highest BCUT2D eigenvalue weighted by Gasteiger charge is 2.20. The first-order valence-corrected chi connectivity index (χ1v) is 11.1. The second-order valence-electron chi connectivity index (χ2n) is 7.21. The van der Waals surface area contributed by atoms with Crippen LogP contribution in [0.2, 0.25) is 0 Å². The van der Waals surface area contributed by atoms with E-state index in [-0.39, 0.29) is 17.0 Å². The van der Waals surface area contributed by atoms with Crippen molar-refractivity contribution in [2.75, 3.05) is 11.6 Å². The number of sulfone groups is 1. The summed E-state index contributed by atoms with van der Waals surface area (Å²) in [6, 6.07) is 7.62. The molecule has 0 unspecified atom stereocenters. The predicted octanol–water partition coefficient (Wildman–Crippen LogP) is 1.45. The van der Waals surface area contributed by atoms with Gasteiger partial charge in [-0.2, -0.15) is 24.4 Å². The Hall–Kier alpha value is -3.41. The van der Waals surface area contributed by atoms with Crippen LogP contribution in [0.15, 0.2) is 35.6 Å². The number of nitrogens with zero attached hydrogens (tertiary/aromatic N) is 8. The number of nitrogens with one attached hydrogen (secondary N) is 1. The molecule has 0 amide bonds. The Morgan fingerprint density at radius 1 is 1.17 bits per heavy atom. The van der Waals surface area contributed by atoms with Crippen LogP contribution in [0.4, 0.5) is 5.95 Å². The van der Waals surface area contributed by atoms with E-state index in [0.29, 0.717) is 18.0 Å². The molecule has 0 saturated heterocycles. The van der Waals surface area contributed by atoms with Crippen molar-refractivity contribution in [3.05, 3.63) is 41.6 Å². The van der Waals surface area contributed by atoms with Gasteiger partial charge in [0.05, 0.1) is 13.2 Å². The third kappa shape index (κ3) is 3.73. The molecular formula is C18H21N9O2S. The van der Waals surface area contributed by atoms with Crippen molar-refractivity contribution >= 4 is 21.4 Å². The van der Waals surface area contributed by atoms with Gasteiger partial charge in [-0.25, -0.2) is 8.42 Å². The maximum Gasteiger partial charge on any atom is 0.252 e. The third-order valence-electron chi connectivity index (χ3n) is 4.53. The van der Waals surface area contributed by atoms with E-state index in [9.17, 15) is 8.42 Å². The number of rotatable bonds is 6. The van der Waals surface area contributed by atoms with Gasteiger partial charge in [0.1, 0.15) is 0 Å². The Bertz CT molecular complexity index is 1320. The topological polar surface area (TPSA) is 133 Å². The maximum absolute atomic E-state index is 12.1. The van der Waals surface area contributed by atoms with Gasteiger partial charge < -0.3 is 5.32 Å². The molecule has 0 bridgehead atoms. The zero-order chi connectivity index (χ0) is 21.5. The smallest absolute Gasteiger partial charge is 0.252 e. The largest absolute Gasteiger partial charge is 0.350 e. The van der Waals surface area contributed by atoms with Gasteiger partial charge in [0, 0.05) is 23.9 Å². The molecule has 0 aliphatic heterocycles. The average molecular weight is 427 g/mol. The summed E-state index contributed by atoms with van der Waals surface area (Å²) in [5, 5.41) is 19.5. The minimum Gasteiger partial charge on any atom is -0.350 e. The molecule has 3 heterocycles. The van der Waals surface area contributed by atoms with Gasteiger partial charge in [-0.1, -0.05) is 38.1 Å². The van der Waals surface area contributed by atoms with Gasteiger partial charge >= 0.3 is 0 Å². The van der Waals surface area contributed by atoms with Gasteiger partial charge in [0.15, 0.2) is 5.65 Å². The number of benzene rings is 1. The number of aromatic nitrogens is 8. The Labute approximate surface area is 173 Å². The molecule has 11 nitrogen and oxygen atoms in total. The molecule has 0 aliphatic carbocycles. The number of hydrogen-bond acceptors (Lipinski definition) is 9. The van der Waals surface area contributed by atoms with Crippen LogP contribution in [-0.4, -0.2) is 54.5 Å². The van der Waals surface area contributed by atoms with Crippen LogP contribution in [-0.2, 0) is 23.4 Å². The molecule has 1 N–H and O–H groups in total. The van der Waals surface area contributed by atoms with Crippen molar-refractivity contribution < 1.29 is 8.42 Å². The summed E-state index contributed by atoms with van der Waals surface area (Å²) in [5.41, 5.74) is 3.02. The zero-order valence-corrected chi connectivity index (χ0v) is 17.8. The fourth-order valence-electron chi connectivity index (χ4n) is 3.02. The lowest BCUT2D eigenvalue weighted by molar-refractivity contribution is 0.592. The molecule has 0 spiro atoms. The molecule has 156 valence electrons. The number of aryl methyl sites for hydroxylation is 1. The summed E-state index contributed by atoms with van der Waals surface area (Å²) < 4.78 is 25.8. The number of hydrogen-bond donors (Lipinski definition) is 1. The lowest BCUT2D eigenvalue weighted by atomic mass is 10.1. The molecule has 1 aromatic carbocycles. The van der Waals surface area contributed by atoms with Crippen molar-refractivity contribution in [1.29, 1.82) is 0 Å². The molecule has 4 aromatic rings. The van der Waals surface area contributed by atoms with Gasteiger partial charge in [0.25, 0.3) is 5.16 Å². The summed E-state index contributed by atoms with van der Waals surface area (Å²) in [5.74, 6) is 0.913. The number of fused-ring (bicyclic) bond motifs is 1. The fraction of sp³-hybridized carbons (Fsp3) is 0.333. The van der Waals surface area contributed by atoms with E-state index in [2.05, 4.69) is 35.8 Å². The first-order chi connectivity index (χ1) is 14.2. The summed E-state index contributed by atoms with van der Waals surface area (Å²) in [7, 11) is -1.90. The van der Waals surface area contributed by atoms with E-state index in [1.807, 2.05) is 38.1 Å². The number of tetrazole rings is 1. The molecular weight excluding hydrogens is 406 g/mol. The predicted molar refractivity (Wildman–Crippen MR) is 110 cm³/mol. The van der Waals surface area contributed by atoms with E-state index in [4.69, 9.17) is 0 Å². The van der Waals surface area contributed by atoms with Crippen LogP contribution in [0.5, 0.6) is 0 Å². The highest BCUT2D eigenvalue weighted by atomic mass is 32.2. The molecule has 30 heavy (non-hydrogen) atoms. The van der Waals surface area contributed by atoms with Crippen LogP contribution in [0.3, 0.4) is 0 Å². The van der Waals surface area contributed by atoms with Crippen LogP contribution in [0.25, 0.3) is 17.0 Å². The zero-order valence-electron chi connectivity index (χ0n) is 17.0. The Morgan fingerprint density at radius 3 is 2.60 bits per heavy atom. The second-order valence-corrected chi connectivity index (χ2v) is 9.11. The van der Waals surface area contributed by atoms with Crippen molar-refractivity contribution in [3.8, 4) is 11.4 Å². The molecule has 3 aromatic heterocycles. The van der Waals surface area contributed by atoms with E-state index in [0.717, 1.165) is 22.9 Å². The number of anilines is 1. The van der Waals surface area contributed by atoms with Crippen LogP contribution < -0.4 is 5.32 Å². The first kappa shape index (κ1) is 19.9. The van der Waals surface area contributed by atoms with Gasteiger partial charge in [-0.3, -0.25) is 0 Å². The summed E-state index contributed by atoms with van der Waals surface area (Å²) >= 11 is 0. The Morgan fingerprint density at radius 2 is 1.93 bits per heavy atom. The van der Waals surface area contributed by atoms with E-state index in [1.165, 1.54) is 9.31 Å². The summed E-state index contributed by atoms with van der Waals surface area (Å²) in [4.78, 5) is 9.84. The van der Waals surface area contributed by atoms with Crippen molar-refractivity contribution in [2.24, 2.45) is 7.05 Å². The first-order valence-electron chi connectivity index (χ1n) is 9.26. The van der Waals surface area contributed by atoms with Crippen LogP contribution in [0.1, 0.15) is 30.9 Å². The lowest BCUT2D eigenvalue weighted by Gasteiger charge is -2.11. The van der Waals surface area contributed by atoms with Crippen molar-refractivity contribution in [2.45, 2.75) is 31.5 Å². The van der Waals surface area contributed by atoms with Gasteiger partial charge in [-0.05, 0) is 16.7 Å². The van der Waals surface area contributed by atoms with E-state index >= 15 is 0 Å². The standard InChI is InChI=1S/C18H21N9O2S/c1-11(2)14-10-20-27-16(14)21-18(30(4,28)29)22-17(27)19-9-12-7-5-6-8-13(12)15-23-25-26(3)24-15/h5-8,10-11H,9H2,1-4H3,(H,19,21,22). The minimum absolute atomic E-state index is 0.126. The molecule has 0 aliphatic rings. The normalized spacial score (nSPS) is 12.0. The van der Waals surface area contributed by atoms with Gasteiger partial charge in [-0.15, -0.1) is 10.2 Å². The lowest BCUT2D eigenvalue weighted by Crippen LogP contribution is -2.14. The Kier molecular flexibility index (Phi) is 4.94. The quantitative estimate of drug-likeness (QED) is 0.485. The molecule has 12 heteroatoms.